The Hall–Kier alpha value is -0.0800. The van der Waals surface area contributed by atoms with Crippen molar-refractivity contribution < 1.29 is 4.74 Å². The third-order valence-corrected chi connectivity index (χ3v) is 2.99. The molecule has 0 amide bonds. The zero-order chi connectivity index (χ0) is 9.61. The lowest BCUT2D eigenvalue weighted by Crippen LogP contribution is -2.37. The van der Waals surface area contributed by atoms with E-state index in [0.29, 0.717) is 11.3 Å². The van der Waals surface area contributed by atoms with Crippen LogP contribution in [0.2, 0.25) is 0 Å². The van der Waals surface area contributed by atoms with E-state index >= 15 is 0 Å². The van der Waals surface area contributed by atoms with E-state index in [4.69, 9.17) is 4.74 Å². The second-order valence-corrected chi connectivity index (χ2v) is 3.89. The summed E-state index contributed by atoms with van der Waals surface area (Å²) in [5.41, 5.74) is 0.366. The maximum atomic E-state index is 5.17. The molecule has 0 radical (unpaired) electrons. The maximum Gasteiger partial charge on any atom is 0.0493 e. The van der Waals surface area contributed by atoms with Crippen molar-refractivity contribution in [2.45, 2.75) is 27.2 Å². The number of rotatable bonds is 6. The van der Waals surface area contributed by atoms with Crippen molar-refractivity contribution in [3.8, 4) is 0 Å². The SMILES string of the molecule is CCC(C)(CNC)C(C)COC. The minimum Gasteiger partial charge on any atom is -0.384 e. The summed E-state index contributed by atoms with van der Waals surface area (Å²) in [6, 6.07) is 0. The molecule has 0 aliphatic rings. The molecule has 0 heterocycles. The van der Waals surface area contributed by atoms with E-state index in [9.17, 15) is 0 Å². The molecule has 2 unspecified atom stereocenters. The van der Waals surface area contributed by atoms with Crippen LogP contribution in [-0.2, 0) is 4.74 Å². The van der Waals surface area contributed by atoms with Gasteiger partial charge in [0.25, 0.3) is 0 Å². The van der Waals surface area contributed by atoms with Crippen LogP contribution >= 0.6 is 0 Å². The molecule has 0 saturated heterocycles. The molecule has 12 heavy (non-hydrogen) atoms. The van der Waals surface area contributed by atoms with Crippen LogP contribution in [0.15, 0.2) is 0 Å². The Kier molecular flexibility index (Phi) is 5.51. The van der Waals surface area contributed by atoms with E-state index < -0.39 is 0 Å². The van der Waals surface area contributed by atoms with Crippen LogP contribution in [0.3, 0.4) is 0 Å². The first kappa shape index (κ1) is 11.9. The van der Waals surface area contributed by atoms with Gasteiger partial charge in [0.05, 0.1) is 0 Å². The average Bonchev–Trinajstić information content (AvgIpc) is 2.05. The smallest absolute Gasteiger partial charge is 0.0493 e. The lowest BCUT2D eigenvalue weighted by Gasteiger charge is -2.34. The summed E-state index contributed by atoms with van der Waals surface area (Å²) in [6.07, 6.45) is 1.19. The molecule has 0 rings (SSSR count). The number of hydrogen-bond acceptors (Lipinski definition) is 2. The van der Waals surface area contributed by atoms with Crippen molar-refractivity contribution in [1.82, 2.24) is 5.32 Å². The van der Waals surface area contributed by atoms with Crippen molar-refractivity contribution >= 4 is 0 Å². The van der Waals surface area contributed by atoms with Gasteiger partial charge in [0.1, 0.15) is 0 Å². The predicted molar refractivity (Wildman–Crippen MR) is 53.4 cm³/mol. The van der Waals surface area contributed by atoms with Crippen LogP contribution in [0, 0.1) is 11.3 Å². The zero-order valence-corrected chi connectivity index (χ0v) is 9.11. The first-order valence-electron chi connectivity index (χ1n) is 4.74. The molecule has 2 atom stereocenters. The molecule has 2 heteroatoms. The Labute approximate surface area is 76.7 Å². The van der Waals surface area contributed by atoms with Gasteiger partial charge in [0, 0.05) is 20.3 Å². The van der Waals surface area contributed by atoms with Crippen molar-refractivity contribution in [3.63, 3.8) is 0 Å². The summed E-state index contributed by atoms with van der Waals surface area (Å²) in [7, 11) is 3.78. The second-order valence-electron chi connectivity index (χ2n) is 3.89. The summed E-state index contributed by atoms with van der Waals surface area (Å²) >= 11 is 0. The summed E-state index contributed by atoms with van der Waals surface area (Å²) in [4.78, 5) is 0. The first-order valence-corrected chi connectivity index (χ1v) is 4.74. The highest BCUT2D eigenvalue weighted by molar-refractivity contribution is 4.80. The second kappa shape index (κ2) is 5.55. The largest absolute Gasteiger partial charge is 0.384 e. The summed E-state index contributed by atoms with van der Waals surface area (Å²) in [5.74, 6) is 0.611. The van der Waals surface area contributed by atoms with Gasteiger partial charge in [-0.2, -0.15) is 0 Å². The Morgan fingerprint density at radius 2 is 2.08 bits per heavy atom. The van der Waals surface area contributed by atoms with Crippen molar-refractivity contribution in [1.29, 1.82) is 0 Å². The standard InChI is InChI=1S/C10H23NO/c1-6-10(3,8-11-4)9(2)7-12-5/h9,11H,6-8H2,1-5H3. The van der Waals surface area contributed by atoms with Gasteiger partial charge < -0.3 is 10.1 Å². The molecule has 0 spiro atoms. The normalized spacial score (nSPS) is 18.8. The lowest BCUT2D eigenvalue weighted by molar-refractivity contribution is 0.0786. The van der Waals surface area contributed by atoms with Crippen LogP contribution in [0.1, 0.15) is 27.2 Å². The average molecular weight is 173 g/mol. The van der Waals surface area contributed by atoms with Gasteiger partial charge in [-0.15, -0.1) is 0 Å². The fourth-order valence-electron chi connectivity index (χ4n) is 1.50. The van der Waals surface area contributed by atoms with E-state index in [1.54, 1.807) is 7.11 Å². The fourth-order valence-corrected chi connectivity index (χ4v) is 1.50. The van der Waals surface area contributed by atoms with E-state index in [1.807, 2.05) is 7.05 Å². The molecule has 0 aromatic rings. The van der Waals surface area contributed by atoms with E-state index in [-0.39, 0.29) is 0 Å². The number of ether oxygens (including phenoxy) is 1. The van der Waals surface area contributed by atoms with E-state index in [0.717, 1.165) is 13.2 Å². The minimum atomic E-state index is 0.366. The van der Waals surface area contributed by atoms with Gasteiger partial charge in [-0.1, -0.05) is 20.8 Å². The topological polar surface area (TPSA) is 21.3 Å². The fraction of sp³-hybridized carbons (Fsp3) is 1.00. The van der Waals surface area contributed by atoms with Gasteiger partial charge in [-0.25, -0.2) is 0 Å². The highest BCUT2D eigenvalue weighted by Gasteiger charge is 2.28. The highest BCUT2D eigenvalue weighted by Crippen LogP contribution is 2.30. The van der Waals surface area contributed by atoms with Crippen LogP contribution in [-0.4, -0.2) is 27.3 Å². The van der Waals surface area contributed by atoms with Crippen LogP contribution in [0.4, 0.5) is 0 Å². The minimum absolute atomic E-state index is 0.366. The quantitative estimate of drug-likeness (QED) is 0.662. The summed E-state index contributed by atoms with van der Waals surface area (Å²) in [6.45, 7) is 8.72. The Bertz CT molecular complexity index is 116. The van der Waals surface area contributed by atoms with Gasteiger partial charge in [0.15, 0.2) is 0 Å². The molecule has 0 fully saturated rings. The number of methoxy groups -OCH3 is 1. The lowest BCUT2D eigenvalue weighted by atomic mass is 9.76. The Morgan fingerprint density at radius 3 is 2.42 bits per heavy atom. The monoisotopic (exact) mass is 173 g/mol. The molecule has 0 saturated carbocycles. The first-order chi connectivity index (χ1) is 5.60. The highest BCUT2D eigenvalue weighted by atomic mass is 16.5. The number of nitrogens with one attached hydrogen (secondary N) is 1. The molecule has 74 valence electrons. The van der Waals surface area contributed by atoms with E-state index in [2.05, 4.69) is 26.1 Å². The molecule has 0 aromatic heterocycles. The van der Waals surface area contributed by atoms with Gasteiger partial charge in [-0.05, 0) is 24.8 Å². The Morgan fingerprint density at radius 1 is 1.50 bits per heavy atom. The molecule has 0 bridgehead atoms. The third kappa shape index (κ3) is 3.11. The zero-order valence-electron chi connectivity index (χ0n) is 9.11. The molecule has 0 aliphatic carbocycles. The third-order valence-electron chi connectivity index (χ3n) is 2.99. The molecule has 0 aromatic carbocycles. The Balaban J connectivity index is 4.08. The van der Waals surface area contributed by atoms with Crippen LogP contribution in [0.25, 0.3) is 0 Å². The predicted octanol–water partition coefficient (Wildman–Crippen LogP) is 1.90. The van der Waals surface area contributed by atoms with Gasteiger partial charge in [0.2, 0.25) is 0 Å². The molecule has 1 N–H and O–H groups in total. The summed E-state index contributed by atoms with van der Waals surface area (Å²) in [5, 5.41) is 3.24. The molecular formula is C10H23NO. The van der Waals surface area contributed by atoms with Gasteiger partial charge >= 0.3 is 0 Å². The van der Waals surface area contributed by atoms with Crippen molar-refractivity contribution in [2.24, 2.45) is 11.3 Å². The van der Waals surface area contributed by atoms with E-state index in [1.165, 1.54) is 6.42 Å². The number of hydrogen-bond donors (Lipinski definition) is 1. The maximum absolute atomic E-state index is 5.17. The van der Waals surface area contributed by atoms with Crippen molar-refractivity contribution in [3.05, 3.63) is 0 Å². The van der Waals surface area contributed by atoms with Gasteiger partial charge in [-0.3, -0.25) is 0 Å². The van der Waals surface area contributed by atoms with Crippen molar-refractivity contribution in [2.75, 3.05) is 27.3 Å². The molecule has 0 aliphatic heterocycles. The van der Waals surface area contributed by atoms with Crippen LogP contribution < -0.4 is 5.32 Å². The van der Waals surface area contributed by atoms with Crippen LogP contribution in [0.5, 0.6) is 0 Å². The molecular weight excluding hydrogens is 150 g/mol. The molecule has 2 nitrogen and oxygen atoms in total. The summed E-state index contributed by atoms with van der Waals surface area (Å²) < 4.78 is 5.17.